The predicted molar refractivity (Wildman–Crippen MR) is 128 cm³/mol. The van der Waals surface area contributed by atoms with Crippen molar-refractivity contribution in [1.29, 1.82) is 0 Å². The highest BCUT2D eigenvalue weighted by atomic mass is 32.2. The molecule has 3 rings (SSSR count). The number of aliphatic imine (C=N–C) groups is 1. The van der Waals surface area contributed by atoms with Crippen molar-refractivity contribution in [1.82, 2.24) is 4.90 Å². The lowest BCUT2D eigenvalue weighted by molar-refractivity contribution is -0.128. The number of methoxy groups -OCH3 is 1. The lowest BCUT2D eigenvalue weighted by atomic mass is 10.1. The van der Waals surface area contributed by atoms with Gasteiger partial charge in [0.25, 0.3) is 0 Å². The lowest BCUT2D eigenvalue weighted by Gasteiger charge is -2.16. The normalized spacial score (nSPS) is 17.1. The van der Waals surface area contributed by atoms with Crippen LogP contribution in [0.3, 0.4) is 0 Å². The van der Waals surface area contributed by atoms with Crippen LogP contribution in [0.2, 0.25) is 0 Å². The van der Waals surface area contributed by atoms with Crippen molar-refractivity contribution in [2.24, 2.45) is 4.99 Å². The second-order valence-electron chi connectivity index (χ2n) is 7.72. The van der Waals surface area contributed by atoms with Gasteiger partial charge in [-0.25, -0.2) is 4.99 Å². The largest absolute Gasteiger partial charge is 0.383 e. The number of carbonyl (C=O) groups excluding carboxylic acids is 3. The fourth-order valence-electron chi connectivity index (χ4n) is 3.41. The molecule has 0 aromatic heterocycles. The van der Waals surface area contributed by atoms with Crippen molar-refractivity contribution in [2.75, 3.05) is 25.6 Å². The molecule has 0 bridgehead atoms. The van der Waals surface area contributed by atoms with E-state index in [1.165, 1.54) is 18.7 Å². The van der Waals surface area contributed by atoms with E-state index >= 15 is 0 Å². The Morgan fingerprint density at radius 3 is 2.38 bits per heavy atom. The minimum Gasteiger partial charge on any atom is -0.383 e. The molecule has 32 heavy (non-hydrogen) atoms. The van der Waals surface area contributed by atoms with Crippen LogP contribution in [0.15, 0.2) is 47.5 Å². The number of nitrogens with zero attached hydrogens (tertiary/aromatic N) is 2. The monoisotopic (exact) mass is 453 g/mol. The molecule has 1 unspecified atom stereocenters. The van der Waals surface area contributed by atoms with E-state index in [-0.39, 0.29) is 24.0 Å². The van der Waals surface area contributed by atoms with Crippen LogP contribution in [0.25, 0.3) is 0 Å². The van der Waals surface area contributed by atoms with Gasteiger partial charge in [-0.15, -0.1) is 0 Å². The van der Waals surface area contributed by atoms with Crippen molar-refractivity contribution in [3.05, 3.63) is 59.2 Å². The standard InChI is InChI=1S/C24H27N3O4S/c1-15-11-16(2)13-20(12-15)26-24-27(9-10-31-4)23(30)21(32-24)14-22(29)25-19-7-5-18(6-8-19)17(3)28/h5-8,11-13,21H,9-10,14H2,1-4H3,(H,25,29). The third-order valence-corrected chi connectivity index (χ3v) is 6.09. The van der Waals surface area contributed by atoms with Gasteiger partial charge < -0.3 is 10.1 Å². The number of carbonyl (C=O) groups is 3. The number of Topliss-reactive ketones (excluding diaryl/α,β-unsaturated/α-hetero) is 1. The zero-order chi connectivity index (χ0) is 23.3. The number of hydrogen-bond donors (Lipinski definition) is 1. The molecule has 2 aromatic rings. The van der Waals surface area contributed by atoms with Crippen LogP contribution in [0.4, 0.5) is 11.4 Å². The summed E-state index contributed by atoms with van der Waals surface area (Å²) in [5.74, 6) is -0.467. The van der Waals surface area contributed by atoms with Crippen LogP contribution in [0.1, 0.15) is 34.8 Å². The van der Waals surface area contributed by atoms with E-state index in [1.807, 2.05) is 26.0 Å². The predicted octanol–water partition coefficient (Wildman–Crippen LogP) is 4.11. The number of anilines is 1. The average molecular weight is 454 g/mol. The third-order valence-electron chi connectivity index (χ3n) is 4.92. The summed E-state index contributed by atoms with van der Waals surface area (Å²) < 4.78 is 5.15. The van der Waals surface area contributed by atoms with Gasteiger partial charge in [0.05, 0.1) is 18.8 Å². The summed E-state index contributed by atoms with van der Waals surface area (Å²) in [4.78, 5) is 43.3. The summed E-state index contributed by atoms with van der Waals surface area (Å²) in [5, 5.41) is 2.80. The first-order chi connectivity index (χ1) is 15.3. The Kier molecular flexibility index (Phi) is 7.82. The number of amides is 2. The Labute approximate surface area is 192 Å². The molecule has 1 N–H and O–H groups in total. The van der Waals surface area contributed by atoms with Gasteiger partial charge in [0.15, 0.2) is 11.0 Å². The van der Waals surface area contributed by atoms with Gasteiger partial charge in [0, 0.05) is 24.8 Å². The molecule has 0 aliphatic carbocycles. The summed E-state index contributed by atoms with van der Waals surface area (Å²) in [5.41, 5.74) is 4.11. The van der Waals surface area contributed by atoms with Crippen LogP contribution >= 0.6 is 11.8 Å². The maximum absolute atomic E-state index is 13.0. The maximum Gasteiger partial charge on any atom is 0.242 e. The maximum atomic E-state index is 13.0. The molecule has 2 aromatic carbocycles. The number of benzene rings is 2. The molecule has 1 aliphatic heterocycles. The summed E-state index contributed by atoms with van der Waals surface area (Å²) in [6.07, 6.45) is 0.0211. The fourth-order valence-corrected chi connectivity index (χ4v) is 4.59. The smallest absolute Gasteiger partial charge is 0.242 e. The first-order valence-electron chi connectivity index (χ1n) is 10.3. The zero-order valence-corrected chi connectivity index (χ0v) is 19.5. The Balaban J connectivity index is 1.73. The first kappa shape index (κ1) is 23.7. The van der Waals surface area contributed by atoms with E-state index in [4.69, 9.17) is 9.73 Å². The van der Waals surface area contributed by atoms with Gasteiger partial charge in [-0.05, 0) is 68.3 Å². The molecule has 0 saturated carbocycles. The molecule has 1 aliphatic rings. The molecule has 1 fully saturated rings. The number of ketones is 1. The van der Waals surface area contributed by atoms with E-state index < -0.39 is 5.25 Å². The van der Waals surface area contributed by atoms with Crippen LogP contribution < -0.4 is 5.32 Å². The molecule has 1 heterocycles. The highest BCUT2D eigenvalue weighted by Crippen LogP contribution is 2.32. The number of aryl methyl sites for hydroxylation is 2. The van der Waals surface area contributed by atoms with Crippen LogP contribution in [0, 0.1) is 13.8 Å². The summed E-state index contributed by atoms with van der Waals surface area (Å²) in [6.45, 7) is 6.24. The SMILES string of the molecule is COCCN1C(=O)C(CC(=O)Nc2ccc(C(C)=O)cc2)SC1=Nc1cc(C)cc(C)c1. The van der Waals surface area contributed by atoms with Gasteiger partial charge in [0.2, 0.25) is 11.8 Å². The number of rotatable bonds is 8. The molecule has 8 heteroatoms. The molecular weight excluding hydrogens is 426 g/mol. The number of hydrogen-bond acceptors (Lipinski definition) is 6. The Bertz CT molecular complexity index is 1030. The second-order valence-corrected chi connectivity index (χ2v) is 8.89. The molecular formula is C24H27N3O4S. The number of ether oxygens (including phenoxy) is 1. The molecule has 1 atom stereocenters. The molecule has 2 amide bonds. The first-order valence-corrected chi connectivity index (χ1v) is 11.2. The summed E-state index contributed by atoms with van der Waals surface area (Å²) in [6, 6.07) is 12.7. The van der Waals surface area contributed by atoms with Gasteiger partial charge in [-0.3, -0.25) is 19.3 Å². The fraction of sp³-hybridized carbons (Fsp3) is 0.333. The van der Waals surface area contributed by atoms with E-state index in [9.17, 15) is 14.4 Å². The number of thioether (sulfide) groups is 1. The molecule has 0 spiro atoms. The van der Waals surface area contributed by atoms with Crippen LogP contribution in [0.5, 0.6) is 0 Å². The Hall–Kier alpha value is -2.97. The van der Waals surface area contributed by atoms with Crippen molar-refractivity contribution in [3.63, 3.8) is 0 Å². The van der Waals surface area contributed by atoms with Crippen molar-refractivity contribution >= 4 is 45.9 Å². The highest BCUT2D eigenvalue weighted by Gasteiger charge is 2.39. The van der Waals surface area contributed by atoms with E-state index in [0.29, 0.717) is 29.6 Å². The minimum atomic E-state index is -0.562. The van der Waals surface area contributed by atoms with Crippen LogP contribution in [-0.4, -0.2) is 53.2 Å². The molecule has 1 saturated heterocycles. The van der Waals surface area contributed by atoms with Gasteiger partial charge in [0.1, 0.15) is 5.25 Å². The second kappa shape index (κ2) is 10.6. The van der Waals surface area contributed by atoms with Gasteiger partial charge in [-0.1, -0.05) is 17.8 Å². The zero-order valence-electron chi connectivity index (χ0n) is 18.7. The highest BCUT2D eigenvalue weighted by molar-refractivity contribution is 8.15. The number of nitrogens with one attached hydrogen (secondary N) is 1. The van der Waals surface area contributed by atoms with Crippen LogP contribution in [-0.2, 0) is 14.3 Å². The van der Waals surface area contributed by atoms with E-state index in [2.05, 4.69) is 11.4 Å². The Morgan fingerprint density at radius 1 is 1.12 bits per heavy atom. The third kappa shape index (κ3) is 6.05. The van der Waals surface area contributed by atoms with E-state index in [0.717, 1.165) is 16.8 Å². The van der Waals surface area contributed by atoms with Crippen molar-refractivity contribution < 1.29 is 19.1 Å². The quantitative estimate of drug-likeness (QED) is 0.608. The minimum absolute atomic E-state index is 0.0211. The molecule has 0 radical (unpaired) electrons. The topological polar surface area (TPSA) is 88.1 Å². The number of amidine groups is 1. The summed E-state index contributed by atoms with van der Waals surface area (Å²) in [7, 11) is 1.58. The van der Waals surface area contributed by atoms with Gasteiger partial charge >= 0.3 is 0 Å². The average Bonchev–Trinajstić information content (AvgIpc) is 3.00. The molecule has 168 valence electrons. The summed E-state index contributed by atoms with van der Waals surface area (Å²) >= 11 is 1.29. The van der Waals surface area contributed by atoms with E-state index in [1.54, 1.807) is 36.3 Å². The van der Waals surface area contributed by atoms with Crippen molar-refractivity contribution in [3.8, 4) is 0 Å². The molecule has 7 nitrogen and oxygen atoms in total. The Morgan fingerprint density at radius 2 is 1.78 bits per heavy atom. The van der Waals surface area contributed by atoms with Crippen molar-refractivity contribution in [2.45, 2.75) is 32.4 Å². The lowest BCUT2D eigenvalue weighted by Crippen LogP contribution is -2.35. The van der Waals surface area contributed by atoms with Gasteiger partial charge in [-0.2, -0.15) is 0 Å².